The number of nitrogens with zero attached hydrogens (tertiary/aromatic N) is 4. The van der Waals surface area contributed by atoms with Gasteiger partial charge in [0.2, 0.25) is 15.2 Å². The molecule has 29 heavy (non-hydrogen) atoms. The standard InChI is InChI=1S/C20H21FN4O2S2/c1-15-3-2-4-18(13-15)29(26,27)25-11-9-24(10-12-25)20-22-19(23-28-20)14-16-5-7-17(21)8-6-16/h2-8,13H,9-12,14H2,1H3. The van der Waals surface area contributed by atoms with Crippen LogP contribution in [0.5, 0.6) is 0 Å². The highest BCUT2D eigenvalue weighted by Crippen LogP contribution is 2.23. The monoisotopic (exact) mass is 432 g/mol. The normalized spacial score (nSPS) is 15.6. The lowest BCUT2D eigenvalue weighted by molar-refractivity contribution is 0.384. The summed E-state index contributed by atoms with van der Waals surface area (Å²) < 4.78 is 44.7. The highest BCUT2D eigenvalue weighted by Gasteiger charge is 2.29. The van der Waals surface area contributed by atoms with E-state index in [1.807, 2.05) is 13.0 Å². The first-order valence-corrected chi connectivity index (χ1v) is 11.5. The number of sulfonamides is 1. The molecule has 6 nitrogen and oxygen atoms in total. The largest absolute Gasteiger partial charge is 0.344 e. The maximum atomic E-state index is 13.0. The Balaban J connectivity index is 1.40. The van der Waals surface area contributed by atoms with Gasteiger partial charge in [-0.3, -0.25) is 0 Å². The fourth-order valence-corrected chi connectivity index (χ4v) is 5.54. The van der Waals surface area contributed by atoms with Gasteiger partial charge in [-0.25, -0.2) is 17.8 Å². The molecule has 0 unspecified atom stereocenters. The second-order valence-corrected chi connectivity index (χ2v) is 9.67. The molecular formula is C20H21FN4O2S2. The lowest BCUT2D eigenvalue weighted by Crippen LogP contribution is -2.48. The summed E-state index contributed by atoms with van der Waals surface area (Å²) in [5, 5.41) is 0.787. The molecule has 0 aliphatic carbocycles. The van der Waals surface area contributed by atoms with Gasteiger partial charge in [-0.1, -0.05) is 24.3 Å². The van der Waals surface area contributed by atoms with Crippen molar-refractivity contribution in [1.29, 1.82) is 0 Å². The number of aryl methyl sites for hydroxylation is 1. The van der Waals surface area contributed by atoms with Gasteiger partial charge in [0.05, 0.1) is 4.90 Å². The van der Waals surface area contributed by atoms with Crippen molar-refractivity contribution >= 4 is 26.7 Å². The molecule has 1 aromatic heterocycles. The average Bonchev–Trinajstić information content (AvgIpc) is 3.18. The van der Waals surface area contributed by atoms with Crippen molar-refractivity contribution in [2.24, 2.45) is 0 Å². The number of anilines is 1. The van der Waals surface area contributed by atoms with E-state index in [2.05, 4.69) is 14.3 Å². The molecule has 1 saturated heterocycles. The van der Waals surface area contributed by atoms with E-state index in [1.165, 1.54) is 28.0 Å². The maximum Gasteiger partial charge on any atom is 0.243 e. The van der Waals surface area contributed by atoms with Gasteiger partial charge in [-0.15, -0.1) is 0 Å². The van der Waals surface area contributed by atoms with E-state index in [4.69, 9.17) is 0 Å². The van der Waals surface area contributed by atoms with Gasteiger partial charge in [-0.05, 0) is 42.3 Å². The molecule has 0 atom stereocenters. The molecule has 0 bridgehead atoms. The Morgan fingerprint density at radius 2 is 1.79 bits per heavy atom. The summed E-state index contributed by atoms with van der Waals surface area (Å²) in [7, 11) is -3.49. The van der Waals surface area contributed by atoms with Gasteiger partial charge < -0.3 is 4.90 Å². The van der Waals surface area contributed by atoms with Gasteiger partial charge in [0, 0.05) is 44.1 Å². The molecule has 2 aromatic carbocycles. The first-order valence-electron chi connectivity index (χ1n) is 9.30. The van der Waals surface area contributed by atoms with E-state index in [9.17, 15) is 12.8 Å². The SMILES string of the molecule is Cc1cccc(S(=O)(=O)N2CCN(c3nc(Cc4ccc(F)cc4)ns3)CC2)c1. The summed E-state index contributed by atoms with van der Waals surface area (Å²) in [5.41, 5.74) is 1.87. The smallest absolute Gasteiger partial charge is 0.243 e. The second kappa shape index (κ2) is 8.17. The van der Waals surface area contributed by atoms with Crippen LogP contribution < -0.4 is 4.90 Å². The van der Waals surface area contributed by atoms with E-state index >= 15 is 0 Å². The average molecular weight is 433 g/mol. The van der Waals surface area contributed by atoms with Crippen LogP contribution >= 0.6 is 11.5 Å². The molecule has 0 saturated carbocycles. The molecule has 0 spiro atoms. The zero-order valence-corrected chi connectivity index (χ0v) is 17.6. The lowest BCUT2D eigenvalue weighted by Gasteiger charge is -2.33. The summed E-state index contributed by atoms with van der Waals surface area (Å²) in [5.74, 6) is 0.422. The summed E-state index contributed by atoms with van der Waals surface area (Å²) >= 11 is 1.31. The minimum atomic E-state index is -3.49. The van der Waals surface area contributed by atoms with Crippen LogP contribution in [0.1, 0.15) is 17.0 Å². The summed E-state index contributed by atoms with van der Waals surface area (Å²) in [6.07, 6.45) is 0.540. The van der Waals surface area contributed by atoms with Crippen LogP contribution in [-0.4, -0.2) is 48.3 Å². The van der Waals surface area contributed by atoms with Crippen LogP contribution in [0.15, 0.2) is 53.4 Å². The molecule has 1 aliphatic heterocycles. The van der Waals surface area contributed by atoms with Crippen molar-refractivity contribution in [3.8, 4) is 0 Å². The number of piperazine rings is 1. The predicted octanol–water partition coefficient (Wildman–Crippen LogP) is 3.09. The molecule has 0 radical (unpaired) electrons. The van der Waals surface area contributed by atoms with Crippen molar-refractivity contribution in [3.05, 3.63) is 71.3 Å². The van der Waals surface area contributed by atoms with Crippen molar-refractivity contribution < 1.29 is 12.8 Å². The molecule has 0 N–H and O–H groups in total. The fraction of sp³-hybridized carbons (Fsp3) is 0.300. The summed E-state index contributed by atoms with van der Waals surface area (Å²) in [6, 6.07) is 13.3. The number of hydrogen-bond acceptors (Lipinski definition) is 6. The first-order chi connectivity index (χ1) is 13.9. The minimum absolute atomic E-state index is 0.265. The van der Waals surface area contributed by atoms with Crippen LogP contribution in [0.3, 0.4) is 0 Å². The Labute approximate surface area is 173 Å². The Hall–Kier alpha value is -2.36. The van der Waals surface area contributed by atoms with E-state index in [1.54, 1.807) is 30.3 Å². The molecule has 2 heterocycles. The van der Waals surface area contributed by atoms with Crippen LogP contribution in [-0.2, 0) is 16.4 Å². The highest BCUT2D eigenvalue weighted by molar-refractivity contribution is 7.89. The van der Waals surface area contributed by atoms with Gasteiger partial charge in [0.1, 0.15) is 11.6 Å². The number of halogens is 1. The summed E-state index contributed by atoms with van der Waals surface area (Å²) in [6.45, 7) is 3.83. The Morgan fingerprint density at radius 1 is 1.07 bits per heavy atom. The zero-order valence-electron chi connectivity index (χ0n) is 16.0. The molecular weight excluding hydrogens is 411 g/mol. The van der Waals surface area contributed by atoms with E-state index in [-0.39, 0.29) is 5.82 Å². The van der Waals surface area contributed by atoms with Crippen molar-refractivity contribution in [2.75, 3.05) is 31.1 Å². The first kappa shape index (κ1) is 19.9. The van der Waals surface area contributed by atoms with E-state index < -0.39 is 10.0 Å². The van der Waals surface area contributed by atoms with Gasteiger partial charge in [-0.2, -0.15) is 8.68 Å². The van der Waals surface area contributed by atoms with Gasteiger partial charge in [0.15, 0.2) is 0 Å². The predicted molar refractivity (Wildman–Crippen MR) is 111 cm³/mol. The number of aromatic nitrogens is 2. The number of hydrogen-bond donors (Lipinski definition) is 0. The van der Waals surface area contributed by atoms with Crippen LogP contribution in [0.2, 0.25) is 0 Å². The van der Waals surface area contributed by atoms with Crippen molar-refractivity contribution in [1.82, 2.24) is 13.7 Å². The fourth-order valence-electron chi connectivity index (χ4n) is 3.27. The number of rotatable bonds is 5. The molecule has 9 heteroatoms. The van der Waals surface area contributed by atoms with Crippen LogP contribution in [0, 0.1) is 12.7 Å². The minimum Gasteiger partial charge on any atom is -0.344 e. The molecule has 1 aliphatic rings. The maximum absolute atomic E-state index is 13.0. The molecule has 4 rings (SSSR count). The Bertz CT molecular complexity index is 1090. The molecule has 152 valence electrons. The third-order valence-electron chi connectivity index (χ3n) is 4.87. The van der Waals surface area contributed by atoms with Crippen LogP contribution in [0.4, 0.5) is 9.52 Å². The Morgan fingerprint density at radius 3 is 2.48 bits per heavy atom. The number of benzene rings is 2. The third kappa shape index (κ3) is 4.47. The third-order valence-corrected chi connectivity index (χ3v) is 7.58. The van der Waals surface area contributed by atoms with Crippen molar-refractivity contribution in [2.45, 2.75) is 18.2 Å². The molecule has 0 amide bonds. The van der Waals surface area contributed by atoms with Gasteiger partial charge in [0.25, 0.3) is 0 Å². The summed E-state index contributed by atoms with van der Waals surface area (Å²) in [4.78, 5) is 6.98. The lowest BCUT2D eigenvalue weighted by atomic mass is 10.1. The van der Waals surface area contributed by atoms with Gasteiger partial charge >= 0.3 is 0 Å². The van der Waals surface area contributed by atoms with Crippen molar-refractivity contribution in [3.63, 3.8) is 0 Å². The van der Waals surface area contributed by atoms with E-state index in [0.717, 1.165) is 16.3 Å². The highest BCUT2D eigenvalue weighted by atomic mass is 32.2. The molecule has 3 aromatic rings. The quantitative estimate of drug-likeness (QED) is 0.620. The van der Waals surface area contributed by atoms with E-state index in [0.29, 0.717) is 43.3 Å². The second-order valence-electron chi connectivity index (χ2n) is 7.00. The zero-order chi connectivity index (χ0) is 20.4. The molecule has 1 fully saturated rings. The Kier molecular flexibility index (Phi) is 5.62. The van der Waals surface area contributed by atoms with Crippen LogP contribution in [0.25, 0.3) is 0 Å². The topological polar surface area (TPSA) is 66.4 Å².